The standard InChI is InChI=1S/C10H21NO2/c1-8(12)7-11(2)9-5-3-4-6-10(9)13/h8-10,12-13H,3-7H2,1-2H3/t8-,9?,10?/m1/s1. The highest BCUT2D eigenvalue weighted by Crippen LogP contribution is 2.22. The summed E-state index contributed by atoms with van der Waals surface area (Å²) in [5, 5.41) is 18.9. The molecule has 0 aromatic carbocycles. The van der Waals surface area contributed by atoms with Crippen LogP contribution in [0, 0.1) is 0 Å². The van der Waals surface area contributed by atoms with Crippen LogP contribution in [0.1, 0.15) is 32.6 Å². The van der Waals surface area contributed by atoms with Crippen molar-refractivity contribution >= 4 is 0 Å². The molecule has 0 aliphatic heterocycles. The molecule has 2 N–H and O–H groups in total. The first-order valence-corrected chi connectivity index (χ1v) is 5.17. The van der Waals surface area contributed by atoms with Crippen LogP contribution < -0.4 is 0 Å². The molecule has 3 atom stereocenters. The van der Waals surface area contributed by atoms with Crippen molar-refractivity contribution < 1.29 is 10.2 Å². The van der Waals surface area contributed by atoms with Gasteiger partial charge in [-0.15, -0.1) is 0 Å². The Morgan fingerprint density at radius 2 is 2.00 bits per heavy atom. The topological polar surface area (TPSA) is 43.7 Å². The van der Waals surface area contributed by atoms with E-state index in [1.807, 2.05) is 7.05 Å². The highest BCUT2D eigenvalue weighted by molar-refractivity contribution is 4.81. The zero-order chi connectivity index (χ0) is 9.84. The van der Waals surface area contributed by atoms with Crippen molar-refractivity contribution in [3.63, 3.8) is 0 Å². The zero-order valence-corrected chi connectivity index (χ0v) is 8.61. The monoisotopic (exact) mass is 187 g/mol. The maximum Gasteiger partial charge on any atom is 0.0695 e. The number of likely N-dealkylation sites (N-methyl/N-ethyl adjacent to an activating group) is 1. The van der Waals surface area contributed by atoms with Gasteiger partial charge in [0.2, 0.25) is 0 Å². The number of hydrogen-bond acceptors (Lipinski definition) is 3. The number of hydrogen-bond donors (Lipinski definition) is 2. The summed E-state index contributed by atoms with van der Waals surface area (Å²) in [6.45, 7) is 2.44. The van der Waals surface area contributed by atoms with Crippen molar-refractivity contribution in [1.82, 2.24) is 4.90 Å². The molecule has 1 saturated carbocycles. The molecular formula is C10H21NO2. The quantitative estimate of drug-likeness (QED) is 0.680. The lowest BCUT2D eigenvalue weighted by atomic mass is 9.91. The van der Waals surface area contributed by atoms with Gasteiger partial charge in [-0.3, -0.25) is 4.90 Å². The van der Waals surface area contributed by atoms with Crippen LogP contribution in [0.5, 0.6) is 0 Å². The van der Waals surface area contributed by atoms with E-state index in [4.69, 9.17) is 0 Å². The molecule has 0 bridgehead atoms. The summed E-state index contributed by atoms with van der Waals surface area (Å²) >= 11 is 0. The van der Waals surface area contributed by atoms with Crippen molar-refractivity contribution in [2.24, 2.45) is 0 Å². The smallest absolute Gasteiger partial charge is 0.0695 e. The Hall–Kier alpha value is -0.120. The van der Waals surface area contributed by atoms with Crippen molar-refractivity contribution in [3.8, 4) is 0 Å². The zero-order valence-electron chi connectivity index (χ0n) is 8.61. The Kier molecular flexibility index (Phi) is 4.16. The Labute approximate surface area is 80.4 Å². The van der Waals surface area contributed by atoms with Gasteiger partial charge in [0.05, 0.1) is 12.2 Å². The maximum absolute atomic E-state index is 9.73. The van der Waals surface area contributed by atoms with Crippen LogP contribution in [0.4, 0.5) is 0 Å². The fourth-order valence-corrected chi connectivity index (χ4v) is 2.16. The predicted octanol–water partition coefficient (Wildman–Crippen LogP) is 0.602. The second-order valence-corrected chi connectivity index (χ2v) is 4.21. The average molecular weight is 187 g/mol. The van der Waals surface area contributed by atoms with Gasteiger partial charge >= 0.3 is 0 Å². The normalized spacial score (nSPS) is 32.1. The van der Waals surface area contributed by atoms with Crippen LogP contribution in [0.15, 0.2) is 0 Å². The molecular weight excluding hydrogens is 166 g/mol. The van der Waals surface area contributed by atoms with Crippen molar-refractivity contribution in [1.29, 1.82) is 0 Å². The van der Waals surface area contributed by atoms with Crippen molar-refractivity contribution in [2.75, 3.05) is 13.6 Å². The summed E-state index contributed by atoms with van der Waals surface area (Å²) in [6, 6.07) is 0.253. The molecule has 1 rings (SSSR count). The molecule has 0 spiro atoms. The third-order valence-corrected chi connectivity index (χ3v) is 2.81. The summed E-state index contributed by atoms with van der Waals surface area (Å²) in [6.07, 6.45) is 3.81. The van der Waals surface area contributed by atoms with Crippen LogP contribution in [-0.2, 0) is 0 Å². The summed E-state index contributed by atoms with van der Waals surface area (Å²) in [5.74, 6) is 0. The minimum Gasteiger partial charge on any atom is -0.392 e. The molecule has 1 aliphatic rings. The van der Waals surface area contributed by atoms with E-state index in [9.17, 15) is 10.2 Å². The summed E-state index contributed by atoms with van der Waals surface area (Å²) in [4.78, 5) is 2.08. The second-order valence-electron chi connectivity index (χ2n) is 4.21. The number of nitrogens with zero attached hydrogens (tertiary/aromatic N) is 1. The number of rotatable bonds is 3. The van der Waals surface area contributed by atoms with Crippen molar-refractivity contribution in [2.45, 2.75) is 50.9 Å². The third-order valence-electron chi connectivity index (χ3n) is 2.81. The first-order chi connectivity index (χ1) is 6.11. The van der Waals surface area contributed by atoms with E-state index in [2.05, 4.69) is 4.90 Å². The van der Waals surface area contributed by atoms with E-state index < -0.39 is 0 Å². The molecule has 0 radical (unpaired) electrons. The highest BCUT2D eigenvalue weighted by Gasteiger charge is 2.26. The van der Waals surface area contributed by atoms with Gasteiger partial charge in [0.25, 0.3) is 0 Å². The van der Waals surface area contributed by atoms with Gasteiger partial charge in [0.1, 0.15) is 0 Å². The molecule has 0 saturated heterocycles. The lowest BCUT2D eigenvalue weighted by molar-refractivity contribution is 0.0144. The SMILES string of the molecule is C[C@@H](O)CN(C)C1CCCCC1O. The van der Waals surface area contributed by atoms with E-state index in [0.29, 0.717) is 6.54 Å². The highest BCUT2D eigenvalue weighted by atomic mass is 16.3. The lowest BCUT2D eigenvalue weighted by Gasteiger charge is -2.35. The van der Waals surface area contributed by atoms with Gasteiger partial charge < -0.3 is 10.2 Å². The lowest BCUT2D eigenvalue weighted by Crippen LogP contribution is -2.45. The summed E-state index contributed by atoms with van der Waals surface area (Å²) < 4.78 is 0. The van der Waals surface area contributed by atoms with Gasteiger partial charge in [-0.2, -0.15) is 0 Å². The van der Waals surface area contributed by atoms with Crippen LogP contribution in [-0.4, -0.2) is 47.0 Å². The van der Waals surface area contributed by atoms with Crippen LogP contribution in [0.2, 0.25) is 0 Å². The van der Waals surface area contributed by atoms with Gasteiger partial charge in [-0.05, 0) is 26.8 Å². The van der Waals surface area contributed by atoms with E-state index in [1.165, 1.54) is 6.42 Å². The van der Waals surface area contributed by atoms with E-state index in [0.717, 1.165) is 19.3 Å². The minimum absolute atomic E-state index is 0.197. The predicted molar refractivity (Wildman–Crippen MR) is 52.6 cm³/mol. The molecule has 0 aromatic rings. The molecule has 0 amide bonds. The minimum atomic E-state index is -0.306. The average Bonchev–Trinajstić information content (AvgIpc) is 2.03. The first-order valence-electron chi connectivity index (χ1n) is 5.17. The Morgan fingerprint density at radius 1 is 1.38 bits per heavy atom. The van der Waals surface area contributed by atoms with Gasteiger partial charge in [-0.1, -0.05) is 12.8 Å². The molecule has 3 heteroatoms. The Balaban J connectivity index is 2.39. The molecule has 2 unspecified atom stereocenters. The van der Waals surface area contributed by atoms with Gasteiger partial charge in [0.15, 0.2) is 0 Å². The van der Waals surface area contributed by atoms with Gasteiger partial charge in [0, 0.05) is 12.6 Å². The largest absolute Gasteiger partial charge is 0.392 e. The Bertz CT molecular complexity index is 150. The fourth-order valence-electron chi connectivity index (χ4n) is 2.16. The molecule has 3 nitrogen and oxygen atoms in total. The second kappa shape index (κ2) is 4.94. The molecule has 1 fully saturated rings. The number of aliphatic hydroxyl groups excluding tert-OH is 2. The Morgan fingerprint density at radius 3 is 2.54 bits per heavy atom. The van der Waals surface area contributed by atoms with E-state index in [1.54, 1.807) is 6.92 Å². The van der Waals surface area contributed by atoms with Crippen LogP contribution in [0.3, 0.4) is 0 Å². The van der Waals surface area contributed by atoms with Crippen LogP contribution in [0.25, 0.3) is 0 Å². The summed E-state index contributed by atoms with van der Waals surface area (Å²) in [5.41, 5.74) is 0. The molecule has 13 heavy (non-hydrogen) atoms. The summed E-state index contributed by atoms with van der Waals surface area (Å²) in [7, 11) is 1.98. The van der Waals surface area contributed by atoms with E-state index >= 15 is 0 Å². The molecule has 1 aliphatic carbocycles. The third kappa shape index (κ3) is 3.25. The fraction of sp³-hybridized carbons (Fsp3) is 1.00. The van der Waals surface area contributed by atoms with Crippen molar-refractivity contribution in [3.05, 3.63) is 0 Å². The van der Waals surface area contributed by atoms with Crippen LogP contribution >= 0.6 is 0 Å². The number of aliphatic hydroxyl groups is 2. The molecule has 78 valence electrons. The molecule has 0 aromatic heterocycles. The first kappa shape index (κ1) is 11.0. The van der Waals surface area contributed by atoms with E-state index in [-0.39, 0.29) is 18.2 Å². The van der Waals surface area contributed by atoms with Gasteiger partial charge in [-0.25, -0.2) is 0 Å². The molecule has 0 heterocycles. The maximum atomic E-state index is 9.73.